The summed E-state index contributed by atoms with van der Waals surface area (Å²) in [6.07, 6.45) is 0.278. The first-order chi connectivity index (χ1) is 8.16. The summed E-state index contributed by atoms with van der Waals surface area (Å²) in [4.78, 5) is 13.7. The molecule has 17 heavy (non-hydrogen) atoms. The number of amides is 1. The zero-order valence-electron chi connectivity index (χ0n) is 9.38. The first kappa shape index (κ1) is 12.3. The quantitative estimate of drug-likeness (QED) is 0.869. The van der Waals surface area contributed by atoms with Gasteiger partial charge in [-0.2, -0.15) is 0 Å². The van der Waals surface area contributed by atoms with Crippen molar-refractivity contribution < 1.29 is 9.18 Å². The van der Waals surface area contributed by atoms with Crippen LogP contribution in [0.4, 0.5) is 4.39 Å². The molecule has 0 bridgehead atoms. The molecule has 1 fully saturated rings. The maximum atomic E-state index is 13.0. The lowest BCUT2D eigenvalue weighted by atomic mass is 10.1. The molecule has 1 aromatic carbocycles. The minimum Gasteiger partial charge on any atom is -0.340 e. The Hall–Kier alpha value is -1.13. The summed E-state index contributed by atoms with van der Waals surface area (Å²) in [5, 5.41) is 3.25. The Balaban J connectivity index is 1.99. The van der Waals surface area contributed by atoms with Crippen molar-refractivity contribution in [2.75, 3.05) is 26.2 Å². The SMILES string of the molecule is O=C(Cc1ccc(F)c(Cl)c1)N1CCNCC1. The lowest BCUT2D eigenvalue weighted by Gasteiger charge is -2.27. The Labute approximate surface area is 105 Å². The van der Waals surface area contributed by atoms with Gasteiger partial charge in [-0.05, 0) is 17.7 Å². The van der Waals surface area contributed by atoms with Crippen molar-refractivity contribution in [1.82, 2.24) is 10.2 Å². The van der Waals surface area contributed by atoms with Crippen LogP contribution in [-0.2, 0) is 11.2 Å². The summed E-state index contributed by atoms with van der Waals surface area (Å²) in [7, 11) is 0. The molecule has 2 rings (SSSR count). The maximum Gasteiger partial charge on any atom is 0.227 e. The van der Waals surface area contributed by atoms with Gasteiger partial charge in [0.25, 0.3) is 0 Å². The van der Waals surface area contributed by atoms with Gasteiger partial charge in [-0.1, -0.05) is 17.7 Å². The van der Waals surface area contributed by atoms with Gasteiger partial charge < -0.3 is 10.2 Å². The Morgan fingerprint density at radius 1 is 1.41 bits per heavy atom. The summed E-state index contributed by atoms with van der Waals surface area (Å²) in [5.74, 6) is -0.390. The van der Waals surface area contributed by atoms with Gasteiger partial charge in [0.15, 0.2) is 0 Å². The standard InChI is InChI=1S/C12H14ClFN2O/c13-10-7-9(1-2-11(10)14)8-12(17)16-5-3-15-4-6-16/h1-2,7,15H,3-6,8H2. The summed E-state index contributed by atoms with van der Waals surface area (Å²) < 4.78 is 13.0. The average Bonchev–Trinajstić information content (AvgIpc) is 2.35. The molecule has 0 saturated carbocycles. The zero-order chi connectivity index (χ0) is 12.3. The Morgan fingerprint density at radius 3 is 2.76 bits per heavy atom. The molecule has 0 radical (unpaired) electrons. The van der Waals surface area contributed by atoms with E-state index >= 15 is 0 Å². The third-order valence-corrected chi connectivity index (χ3v) is 3.10. The van der Waals surface area contributed by atoms with Crippen molar-refractivity contribution in [3.63, 3.8) is 0 Å². The molecule has 1 amide bonds. The van der Waals surface area contributed by atoms with E-state index in [9.17, 15) is 9.18 Å². The molecule has 3 nitrogen and oxygen atoms in total. The molecule has 1 aliphatic rings. The molecule has 1 saturated heterocycles. The van der Waals surface area contributed by atoms with E-state index in [1.165, 1.54) is 12.1 Å². The number of halogens is 2. The van der Waals surface area contributed by atoms with Crippen LogP contribution in [0.1, 0.15) is 5.56 Å². The molecular weight excluding hydrogens is 243 g/mol. The van der Waals surface area contributed by atoms with E-state index < -0.39 is 5.82 Å². The lowest BCUT2D eigenvalue weighted by molar-refractivity contribution is -0.131. The highest BCUT2D eigenvalue weighted by Crippen LogP contribution is 2.16. The number of hydrogen-bond donors (Lipinski definition) is 1. The summed E-state index contributed by atoms with van der Waals surface area (Å²) in [6, 6.07) is 4.40. The third-order valence-electron chi connectivity index (χ3n) is 2.81. The van der Waals surface area contributed by atoms with Gasteiger partial charge in [-0.3, -0.25) is 4.79 Å². The van der Waals surface area contributed by atoms with E-state index in [2.05, 4.69) is 5.32 Å². The van der Waals surface area contributed by atoms with Crippen LogP contribution in [-0.4, -0.2) is 37.0 Å². The van der Waals surface area contributed by atoms with Crippen LogP contribution in [0.15, 0.2) is 18.2 Å². The fourth-order valence-corrected chi connectivity index (χ4v) is 2.05. The van der Waals surface area contributed by atoms with Crippen LogP contribution < -0.4 is 5.32 Å². The van der Waals surface area contributed by atoms with Crippen molar-refractivity contribution in [2.24, 2.45) is 0 Å². The van der Waals surface area contributed by atoms with Crippen molar-refractivity contribution in [3.05, 3.63) is 34.6 Å². The highest BCUT2D eigenvalue weighted by molar-refractivity contribution is 6.30. The maximum absolute atomic E-state index is 13.0. The molecule has 5 heteroatoms. The van der Waals surface area contributed by atoms with Crippen LogP contribution >= 0.6 is 11.6 Å². The lowest BCUT2D eigenvalue weighted by Crippen LogP contribution is -2.46. The van der Waals surface area contributed by atoms with Gasteiger partial charge >= 0.3 is 0 Å². The van der Waals surface area contributed by atoms with Gasteiger partial charge in [-0.15, -0.1) is 0 Å². The second-order valence-corrected chi connectivity index (χ2v) is 4.46. The number of nitrogens with zero attached hydrogens (tertiary/aromatic N) is 1. The number of nitrogens with one attached hydrogen (secondary N) is 1. The second kappa shape index (κ2) is 5.47. The predicted molar refractivity (Wildman–Crippen MR) is 64.6 cm³/mol. The monoisotopic (exact) mass is 256 g/mol. The van der Waals surface area contributed by atoms with Gasteiger partial charge in [0.1, 0.15) is 5.82 Å². The molecule has 0 spiro atoms. The van der Waals surface area contributed by atoms with Gasteiger partial charge in [-0.25, -0.2) is 4.39 Å². The molecule has 92 valence electrons. The molecular formula is C12H14ClFN2O. The minimum absolute atomic E-state index is 0.0641. The Kier molecular flexibility index (Phi) is 3.97. The highest BCUT2D eigenvalue weighted by Gasteiger charge is 2.16. The fraction of sp³-hybridized carbons (Fsp3) is 0.417. The summed E-state index contributed by atoms with van der Waals surface area (Å²) in [5.41, 5.74) is 0.750. The van der Waals surface area contributed by atoms with E-state index in [0.29, 0.717) is 0 Å². The van der Waals surface area contributed by atoms with E-state index in [1.807, 2.05) is 4.90 Å². The number of hydrogen-bond acceptors (Lipinski definition) is 2. The van der Waals surface area contributed by atoms with Crippen LogP contribution in [0.3, 0.4) is 0 Å². The molecule has 1 aromatic rings. The van der Waals surface area contributed by atoms with E-state index in [0.717, 1.165) is 31.7 Å². The van der Waals surface area contributed by atoms with Crippen LogP contribution in [0.25, 0.3) is 0 Å². The number of rotatable bonds is 2. The smallest absolute Gasteiger partial charge is 0.227 e. The molecule has 1 heterocycles. The second-order valence-electron chi connectivity index (χ2n) is 4.06. The largest absolute Gasteiger partial charge is 0.340 e. The van der Waals surface area contributed by atoms with Crippen molar-refractivity contribution in [3.8, 4) is 0 Å². The van der Waals surface area contributed by atoms with Crippen LogP contribution in [0, 0.1) is 5.82 Å². The molecule has 0 atom stereocenters. The van der Waals surface area contributed by atoms with Gasteiger partial charge in [0, 0.05) is 26.2 Å². The minimum atomic E-state index is -0.454. The number of benzene rings is 1. The van der Waals surface area contributed by atoms with Crippen LogP contribution in [0.5, 0.6) is 0 Å². The Bertz CT molecular complexity index is 419. The summed E-state index contributed by atoms with van der Waals surface area (Å²) in [6.45, 7) is 3.12. The predicted octanol–water partition coefficient (Wildman–Crippen LogP) is 1.45. The molecule has 1 N–H and O–H groups in total. The molecule has 0 unspecified atom stereocenters. The first-order valence-electron chi connectivity index (χ1n) is 5.59. The number of piperazine rings is 1. The fourth-order valence-electron chi connectivity index (χ4n) is 1.85. The van der Waals surface area contributed by atoms with Crippen molar-refractivity contribution >= 4 is 17.5 Å². The Morgan fingerprint density at radius 2 is 2.12 bits per heavy atom. The van der Waals surface area contributed by atoms with Crippen molar-refractivity contribution in [1.29, 1.82) is 0 Å². The molecule has 0 aromatic heterocycles. The average molecular weight is 257 g/mol. The van der Waals surface area contributed by atoms with Crippen molar-refractivity contribution in [2.45, 2.75) is 6.42 Å². The molecule has 1 aliphatic heterocycles. The van der Waals surface area contributed by atoms with E-state index in [4.69, 9.17) is 11.6 Å². The van der Waals surface area contributed by atoms with Gasteiger partial charge in [0.2, 0.25) is 5.91 Å². The zero-order valence-corrected chi connectivity index (χ0v) is 10.1. The first-order valence-corrected chi connectivity index (χ1v) is 5.97. The van der Waals surface area contributed by atoms with Gasteiger partial charge in [0.05, 0.1) is 11.4 Å². The third kappa shape index (κ3) is 3.17. The number of carbonyl (C=O) groups is 1. The molecule has 0 aliphatic carbocycles. The van der Waals surface area contributed by atoms with E-state index in [-0.39, 0.29) is 17.4 Å². The normalized spacial score (nSPS) is 16.0. The topological polar surface area (TPSA) is 32.3 Å². The van der Waals surface area contributed by atoms with Crippen LogP contribution in [0.2, 0.25) is 5.02 Å². The number of carbonyl (C=O) groups excluding carboxylic acids is 1. The van der Waals surface area contributed by atoms with E-state index in [1.54, 1.807) is 6.07 Å². The highest BCUT2D eigenvalue weighted by atomic mass is 35.5. The summed E-state index contributed by atoms with van der Waals surface area (Å²) >= 11 is 5.67.